The van der Waals surface area contributed by atoms with E-state index >= 15 is 0 Å². The topological polar surface area (TPSA) is 12.5 Å². The van der Waals surface area contributed by atoms with Crippen LogP contribution in [0.2, 0.25) is 0 Å². The van der Waals surface area contributed by atoms with E-state index < -0.39 is 11.1 Å². The molecule has 0 fully saturated rings. The highest BCUT2D eigenvalue weighted by Gasteiger charge is 2.63. The highest BCUT2D eigenvalue weighted by molar-refractivity contribution is 5.65. The molecule has 6 aromatic rings. The Kier molecular flexibility index (Phi) is 12.5. The molecule has 0 saturated heterocycles. The molecule has 2 nitrogen and oxygen atoms in total. The van der Waals surface area contributed by atoms with Crippen LogP contribution in [0.5, 0.6) is 0 Å². The molecule has 2 heteroatoms. The third kappa shape index (κ3) is 7.48. The van der Waals surface area contributed by atoms with Crippen LogP contribution in [0.4, 0.5) is 0 Å². The summed E-state index contributed by atoms with van der Waals surface area (Å²) in [5, 5.41) is 2.36. The molecule has 0 aromatic heterocycles. The van der Waals surface area contributed by atoms with Gasteiger partial charge in [-0.1, -0.05) is 235 Å². The number of hydrogen-bond donors (Lipinski definition) is 0. The van der Waals surface area contributed by atoms with Gasteiger partial charge in [0.15, 0.2) is 0 Å². The van der Waals surface area contributed by atoms with E-state index in [9.17, 15) is 0 Å². The fourth-order valence-electron chi connectivity index (χ4n) is 8.88. The number of rotatable bonds is 18. The number of hydroxylamine groups is 2. The summed E-state index contributed by atoms with van der Waals surface area (Å²) in [5.74, 6) is 0. The number of unbranched alkanes of at least 4 members (excludes halogenated alkanes) is 9. The van der Waals surface area contributed by atoms with Crippen LogP contribution in [0, 0.1) is 0 Å². The maximum atomic E-state index is 7.67. The maximum Gasteiger partial charge on any atom is 0.123 e. The van der Waals surface area contributed by atoms with Crippen LogP contribution in [0.1, 0.15) is 129 Å². The number of hydrogen-bond acceptors (Lipinski definition) is 2. The summed E-state index contributed by atoms with van der Waals surface area (Å²) in [5.41, 5.74) is 8.12. The van der Waals surface area contributed by atoms with E-state index in [2.05, 4.69) is 189 Å². The summed E-state index contributed by atoms with van der Waals surface area (Å²) in [6, 6.07) is 62.0. The summed E-state index contributed by atoms with van der Waals surface area (Å²) < 4.78 is 0. The quantitative estimate of drug-likeness (QED) is 0.0823. The predicted molar refractivity (Wildman–Crippen MR) is 225 cm³/mol. The van der Waals surface area contributed by atoms with Crippen molar-refractivity contribution in [1.82, 2.24) is 5.06 Å². The molecule has 0 aliphatic carbocycles. The van der Waals surface area contributed by atoms with Crippen molar-refractivity contribution < 1.29 is 4.84 Å². The lowest BCUT2D eigenvalue weighted by molar-refractivity contribution is -0.265. The first-order valence-electron chi connectivity index (χ1n) is 20.6. The molecule has 1 aliphatic heterocycles. The lowest BCUT2D eigenvalue weighted by Crippen LogP contribution is -2.53. The zero-order valence-electron chi connectivity index (χ0n) is 32.4. The van der Waals surface area contributed by atoms with Gasteiger partial charge >= 0.3 is 0 Å². The number of benzene rings is 6. The van der Waals surface area contributed by atoms with E-state index in [0.29, 0.717) is 0 Å². The van der Waals surface area contributed by atoms with Crippen molar-refractivity contribution >= 4 is 0 Å². The van der Waals surface area contributed by atoms with Crippen molar-refractivity contribution in [3.8, 4) is 0 Å². The number of nitrogens with zero attached hydrogens (tertiary/aromatic N) is 1. The van der Waals surface area contributed by atoms with Gasteiger partial charge in [-0.05, 0) is 64.3 Å². The highest BCUT2D eigenvalue weighted by atomic mass is 16.7. The molecule has 1 aliphatic rings. The summed E-state index contributed by atoms with van der Waals surface area (Å²) in [7, 11) is 0. The van der Waals surface area contributed by atoms with Crippen molar-refractivity contribution in [1.29, 1.82) is 0 Å². The number of fused-ring (bicyclic) bond motifs is 1. The minimum Gasteiger partial charge on any atom is -0.288 e. The summed E-state index contributed by atoms with van der Waals surface area (Å²) in [6.07, 6.45) is 14.5. The molecule has 6 aromatic carbocycles. The molecule has 276 valence electrons. The second kappa shape index (κ2) is 18.0. The molecule has 54 heavy (non-hydrogen) atoms. The number of aryl methyl sites for hydroxylation is 1. The first-order valence-corrected chi connectivity index (χ1v) is 20.6. The van der Waals surface area contributed by atoms with E-state index in [-0.39, 0.29) is 6.10 Å². The SMILES string of the molecule is CCCCCCCCCCCCc1ccc(C(C)ON2C(c3ccccc3)(c3ccccc3)c3ccccc3C2(c2ccccc2)c2ccccc2)cc1. The van der Waals surface area contributed by atoms with Crippen LogP contribution in [0.15, 0.2) is 170 Å². The molecule has 0 amide bonds. The molecular formula is C52H57NO. The van der Waals surface area contributed by atoms with Crippen LogP contribution in [-0.4, -0.2) is 5.06 Å². The van der Waals surface area contributed by atoms with Crippen molar-refractivity contribution in [3.05, 3.63) is 214 Å². The van der Waals surface area contributed by atoms with Crippen LogP contribution < -0.4 is 0 Å². The Hall–Kier alpha value is -4.76. The average molecular weight is 712 g/mol. The van der Waals surface area contributed by atoms with Crippen molar-refractivity contribution in [3.63, 3.8) is 0 Å². The van der Waals surface area contributed by atoms with Gasteiger partial charge in [0.2, 0.25) is 0 Å². The van der Waals surface area contributed by atoms with E-state index in [1.165, 1.54) is 86.5 Å². The molecule has 7 rings (SSSR count). The van der Waals surface area contributed by atoms with Gasteiger partial charge in [-0.15, -0.1) is 5.06 Å². The van der Waals surface area contributed by atoms with Crippen LogP contribution in [0.25, 0.3) is 0 Å². The van der Waals surface area contributed by atoms with Gasteiger partial charge in [0.25, 0.3) is 0 Å². The fraction of sp³-hybridized carbons (Fsp3) is 0.308. The Labute approximate surface area is 324 Å². The third-order valence-corrected chi connectivity index (χ3v) is 11.6. The Morgan fingerprint density at radius 2 is 0.778 bits per heavy atom. The smallest absolute Gasteiger partial charge is 0.123 e. The zero-order chi connectivity index (χ0) is 37.1. The summed E-state index contributed by atoms with van der Waals surface area (Å²) in [4.78, 5) is 7.67. The molecule has 1 atom stereocenters. The molecule has 0 N–H and O–H groups in total. The molecule has 0 spiro atoms. The van der Waals surface area contributed by atoms with Gasteiger partial charge in [-0.3, -0.25) is 4.84 Å². The second-order valence-electron chi connectivity index (χ2n) is 15.1. The lowest BCUT2D eigenvalue weighted by atomic mass is 9.76. The van der Waals surface area contributed by atoms with Gasteiger partial charge in [-0.25, -0.2) is 0 Å². The molecule has 0 saturated carbocycles. The van der Waals surface area contributed by atoms with Crippen molar-refractivity contribution in [2.24, 2.45) is 0 Å². The maximum absolute atomic E-state index is 7.67. The lowest BCUT2D eigenvalue weighted by Gasteiger charge is -2.48. The largest absolute Gasteiger partial charge is 0.288 e. The predicted octanol–water partition coefficient (Wildman–Crippen LogP) is 13.7. The van der Waals surface area contributed by atoms with Crippen molar-refractivity contribution in [2.45, 2.75) is 102 Å². The molecule has 1 unspecified atom stereocenters. The van der Waals surface area contributed by atoms with Crippen molar-refractivity contribution in [2.75, 3.05) is 0 Å². The molecular weight excluding hydrogens is 655 g/mol. The Balaban J connectivity index is 1.25. The van der Waals surface area contributed by atoms with Gasteiger partial charge in [0.05, 0.1) is 0 Å². The minimum absolute atomic E-state index is 0.232. The standard InChI is InChI=1S/C52H57NO/c1-3-4-5-6-7-8-9-10-11-16-27-43-38-40-44(41-39-43)42(2)54-53-51(45-28-17-12-18-29-45,46-30-19-13-20-31-46)49-36-25-26-37-50(49)52(53,47-32-21-14-22-33-47)48-34-23-15-24-35-48/h12-15,17-26,28-42H,3-11,16,27H2,1-2H3. The first-order chi connectivity index (χ1) is 26.7. The monoisotopic (exact) mass is 711 g/mol. The second-order valence-corrected chi connectivity index (χ2v) is 15.1. The van der Waals surface area contributed by atoms with Gasteiger partial charge in [-0.2, -0.15) is 0 Å². The molecule has 0 radical (unpaired) electrons. The van der Waals surface area contributed by atoms with E-state index in [0.717, 1.165) is 28.7 Å². The highest BCUT2D eigenvalue weighted by Crippen LogP contribution is 2.61. The molecule has 1 heterocycles. The third-order valence-electron chi connectivity index (χ3n) is 11.6. The normalized spacial score (nSPS) is 15.1. The van der Waals surface area contributed by atoms with Gasteiger partial charge < -0.3 is 0 Å². The fourth-order valence-corrected chi connectivity index (χ4v) is 8.88. The van der Waals surface area contributed by atoms with Gasteiger partial charge in [0.1, 0.15) is 17.2 Å². The Bertz CT molecular complexity index is 1800. The summed E-state index contributed by atoms with van der Waals surface area (Å²) >= 11 is 0. The molecule has 0 bridgehead atoms. The van der Waals surface area contributed by atoms with Crippen LogP contribution >= 0.6 is 0 Å². The first kappa shape index (κ1) is 37.6. The average Bonchev–Trinajstić information content (AvgIpc) is 3.50. The van der Waals surface area contributed by atoms with E-state index in [1.54, 1.807) is 0 Å². The van der Waals surface area contributed by atoms with Gasteiger partial charge in [0, 0.05) is 0 Å². The van der Waals surface area contributed by atoms with Crippen LogP contribution in [0.3, 0.4) is 0 Å². The summed E-state index contributed by atoms with van der Waals surface area (Å²) in [6.45, 7) is 4.50. The van der Waals surface area contributed by atoms with E-state index in [1.807, 2.05) is 0 Å². The Morgan fingerprint density at radius 1 is 0.426 bits per heavy atom. The zero-order valence-corrected chi connectivity index (χ0v) is 32.4. The Morgan fingerprint density at radius 3 is 1.17 bits per heavy atom. The van der Waals surface area contributed by atoms with E-state index in [4.69, 9.17) is 4.84 Å². The minimum atomic E-state index is -0.769. The van der Waals surface area contributed by atoms with Crippen LogP contribution in [-0.2, 0) is 22.3 Å².